The summed E-state index contributed by atoms with van der Waals surface area (Å²) in [6, 6.07) is 9.54. The number of nitrogens with one attached hydrogen (secondary N) is 2. The Morgan fingerprint density at radius 1 is 1.26 bits per heavy atom. The van der Waals surface area contributed by atoms with Gasteiger partial charge in [0.15, 0.2) is 0 Å². The van der Waals surface area contributed by atoms with Crippen molar-refractivity contribution < 1.29 is 23.9 Å². The zero-order chi connectivity index (χ0) is 19.0. The Bertz CT molecular complexity index is 1070. The Kier molecular flexibility index (Phi) is 4.27. The van der Waals surface area contributed by atoms with E-state index >= 15 is 0 Å². The van der Waals surface area contributed by atoms with Gasteiger partial charge in [0.05, 0.1) is 18.6 Å². The first kappa shape index (κ1) is 17.1. The average molecular weight is 366 g/mol. The fourth-order valence-corrected chi connectivity index (χ4v) is 3.56. The van der Waals surface area contributed by atoms with Crippen LogP contribution in [0.25, 0.3) is 21.7 Å². The van der Waals surface area contributed by atoms with Crippen molar-refractivity contribution >= 4 is 45.2 Å². The lowest BCUT2D eigenvalue weighted by Crippen LogP contribution is -2.39. The number of carboxylic acids is 1. The van der Waals surface area contributed by atoms with Gasteiger partial charge in [0, 0.05) is 29.6 Å². The van der Waals surface area contributed by atoms with Gasteiger partial charge in [0.25, 0.3) is 0 Å². The molecule has 4 rings (SSSR count). The molecule has 3 aromatic rings. The minimum Gasteiger partial charge on any atom is -0.481 e. The first-order valence-corrected chi connectivity index (χ1v) is 8.76. The van der Waals surface area contributed by atoms with E-state index < -0.39 is 11.9 Å². The molecular formula is C20H18N2O5. The highest BCUT2D eigenvalue weighted by molar-refractivity contribution is 6.11. The van der Waals surface area contributed by atoms with Crippen LogP contribution in [0, 0.1) is 0 Å². The van der Waals surface area contributed by atoms with E-state index in [0.29, 0.717) is 25.0 Å². The van der Waals surface area contributed by atoms with Crippen molar-refractivity contribution in [2.75, 3.05) is 11.9 Å². The maximum atomic E-state index is 12.3. The number of fused-ring (bicyclic) bond motifs is 3. The van der Waals surface area contributed by atoms with Gasteiger partial charge in [-0.3, -0.25) is 19.7 Å². The predicted octanol–water partition coefficient (Wildman–Crippen LogP) is 2.99. The summed E-state index contributed by atoms with van der Waals surface area (Å²) in [5.74, 6) is -1.80. The number of furan rings is 1. The third-order valence-electron chi connectivity index (χ3n) is 4.87. The topological polar surface area (TPSA) is 109 Å². The number of hydrogen-bond acceptors (Lipinski definition) is 5. The second-order valence-corrected chi connectivity index (χ2v) is 6.64. The van der Waals surface area contributed by atoms with Crippen LogP contribution in [0.5, 0.6) is 0 Å². The van der Waals surface area contributed by atoms with E-state index in [4.69, 9.17) is 9.52 Å². The zero-order valence-corrected chi connectivity index (χ0v) is 14.5. The van der Waals surface area contributed by atoms with Gasteiger partial charge in [0.2, 0.25) is 11.8 Å². The maximum Gasteiger partial charge on any atom is 0.305 e. The number of imide groups is 1. The van der Waals surface area contributed by atoms with Gasteiger partial charge in [-0.05, 0) is 35.4 Å². The number of amides is 2. The summed E-state index contributed by atoms with van der Waals surface area (Å²) < 4.78 is 5.66. The summed E-state index contributed by atoms with van der Waals surface area (Å²) in [6.07, 6.45) is 2.41. The molecule has 1 fully saturated rings. The molecule has 1 unspecified atom stereocenters. The van der Waals surface area contributed by atoms with Crippen molar-refractivity contribution in [3.8, 4) is 0 Å². The Morgan fingerprint density at radius 2 is 2.11 bits per heavy atom. The van der Waals surface area contributed by atoms with Crippen LogP contribution in [0.3, 0.4) is 0 Å². The van der Waals surface area contributed by atoms with Gasteiger partial charge in [-0.1, -0.05) is 12.1 Å². The average Bonchev–Trinajstić information content (AvgIpc) is 3.05. The summed E-state index contributed by atoms with van der Waals surface area (Å²) in [5.41, 5.74) is 2.30. The van der Waals surface area contributed by atoms with E-state index in [1.807, 2.05) is 30.3 Å². The van der Waals surface area contributed by atoms with Crippen molar-refractivity contribution in [3.05, 3.63) is 42.2 Å². The highest BCUT2D eigenvalue weighted by Crippen LogP contribution is 2.37. The molecule has 138 valence electrons. The van der Waals surface area contributed by atoms with Gasteiger partial charge < -0.3 is 14.8 Å². The van der Waals surface area contributed by atoms with Crippen molar-refractivity contribution in [3.63, 3.8) is 0 Å². The molecular weight excluding hydrogens is 348 g/mol. The Balaban J connectivity index is 1.72. The number of benzene rings is 2. The molecule has 27 heavy (non-hydrogen) atoms. The van der Waals surface area contributed by atoms with Crippen molar-refractivity contribution in [2.24, 2.45) is 0 Å². The van der Waals surface area contributed by atoms with E-state index in [1.165, 1.54) is 0 Å². The third-order valence-corrected chi connectivity index (χ3v) is 4.87. The van der Waals surface area contributed by atoms with Crippen LogP contribution < -0.4 is 10.6 Å². The Hall–Kier alpha value is -3.35. The summed E-state index contributed by atoms with van der Waals surface area (Å²) in [5, 5.41) is 17.0. The van der Waals surface area contributed by atoms with Crippen LogP contribution in [0.15, 0.2) is 41.0 Å². The van der Waals surface area contributed by atoms with Crippen LogP contribution in [-0.2, 0) is 14.4 Å². The molecule has 0 aliphatic carbocycles. The maximum absolute atomic E-state index is 12.3. The number of carboxylic acid groups (broad SMARTS) is 1. The molecule has 1 aromatic heterocycles. The second-order valence-electron chi connectivity index (χ2n) is 6.64. The molecule has 3 N–H and O–H groups in total. The van der Waals surface area contributed by atoms with Gasteiger partial charge >= 0.3 is 5.97 Å². The summed E-state index contributed by atoms with van der Waals surface area (Å²) in [4.78, 5) is 34.4. The van der Waals surface area contributed by atoms with Crippen molar-refractivity contribution in [1.29, 1.82) is 0 Å². The molecule has 1 aliphatic heterocycles. The number of hydrogen-bond donors (Lipinski definition) is 3. The van der Waals surface area contributed by atoms with Gasteiger partial charge in [0.1, 0.15) is 5.58 Å². The van der Waals surface area contributed by atoms with Crippen LogP contribution in [-0.4, -0.2) is 29.4 Å². The quantitative estimate of drug-likeness (QED) is 0.599. The normalized spacial score (nSPS) is 17.3. The van der Waals surface area contributed by atoms with Crippen molar-refractivity contribution in [2.45, 2.75) is 25.2 Å². The monoisotopic (exact) mass is 366 g/mol. The molecule has 0 radical (unpaired) electrons. The molecule has 7 heteroatoms. The number of piperidine rings is 1. The van der Waals surface area contributed by atoms with E-state index in [0.717, 1.165) is 27.4 Å². The molecule has 0 spiro atoms. The predicted molar refractivity (Wildman–Crippen MR) is 99.6 cm³/mol. The summed E-state index contributed by atoms with van der Waals surface area (Å²) in [7, 11) is 0. The number of anilines is 1. The molecule has 0 saturated carbocycles. The van der Waals surface area contributed by atoms with E-state index in [2.05, 4.69) is 10.6 Å². The molecule has 1 atom stereocenters. The molecule has 2 heterocycles. The van der Waals surface area contributed by atoms with E-state index in [1.54, 1.807) is 6.26 Å². The highest BCUT2D eigenvalue weighted by atomic mass is 16.4. The van der Waals surface area contributed by atoms with Crippen molar-refractivity contribution in [1.82, 2.24) is 5.32 Å². The molecule has 1 aliphatic rings. The van der Waals surface area contributed by atoms with Crippen LogP contribution >= 0.6 is 0 Å². The number of carbonyl (C=O) groups is 3. The minimum absolute atomic E-state index is 0.0401. The van der Waals surface area contributed by atoms with Crippen LogP contribution in [0.2, 0.25) is 0 Å². The lowest BCUT2D eigenvalue weighted by molar-refractivity contribution is -0.137. The number of carbonyl (C=O) groups excluding carboxylic acids is 2. The number of aliphatic carboxylic acids is 1. The van der Waals surface area contributed by atoms with Gasteiger partial charge in [-0.25, -0.2) is 0 Å². The minimum atomic E-state index is -0.850. The Labute approximate surface area is 154 Å². The highest BCUT2D eigenvalue weighted by Gasteiger charge is 2.30. The standard InChI is InChI=1S/C20H18N2O5/c23-17-6-4-14(20(26)22-17)15-10-27-16-5-1-11-9-12(21-8-7-18(24)25)2-3-13(11)19(15)16/h1-3,5,9-10,14,21H,4,6-8H2,(H,24,25)(H,22,23,26). The van der Waals surface area contributed by atoms with Crippen LogP contribution in [0.1, 0.15) is 30.7 Å². The summed E-state index contributed by atoms with van der Waals surface area (Å²) in [6.45, 7) is 0.344. The lowest BCUT2D eigenvalue weighted by Gasteiger charge is -2.20. The fraction of sp³-hybridized carbons (Fsp3) is 0.250. The Morgan fingerprint density at radius 3 is 2.89 bits per heavy atom. The first-order valence-electron chi connectivity index (χ1n) is 8.76. The number of rotatable bonds is 5. The lowest BCUT2D eigenvalue weighted by atomic mass is 9.89. The van der Waals surface area contributed by atoms with Gasteiger partial charge in [-0.2, -0.15) is 0 Å². The fourth-order valence-electron chi connectivity index (χ4n) is 3.56. The van der Waals surface area contributed by atoms with Crippen LogP contribution in [0.4, 0.5) is 5.69 Å². The molecule has 2 amide bonds. The van der Waals surface area contributed by atoms with E-state index in [-0.39, 0.29) is 18.2 Å². The molecule has 2 aromatic carbocycles. The molecule has 1 saturated heterocycles. The third kappa shape index (κ3) is 3.23. The second kappa shape index (κ2) is 6.75. The molecule has 7 nitrogen and oxygen atoms in total. The smallest absolute Gasteiger partial charge is 0.305 e. The molecule has 0 bridgehead atoms. The SMILES string of the molecule is O=C(O)CCNc1ccc2c(ccc3occ(C4CCC(=O)NC4=O)c32)c1. The van der Waals surface area contributed by atoms with E-state index in [9.17, 15) is 14.4 Å². The largest absolute Gasteiger partial charge is 0.481 e. The first-order chi connectivity index (χ1) is 13.0. The van der Waals surface area contributed by atoms with Gasteiger partial charge in [-0.15, -0.1) is 0 Å². The summed E-state index contributed by atoms with van der Waals surface area (Å²) >= 11 is 0. The zero-order valence-electron chi connectivity index (χ0n) is 14.5.